The monoisotopic (exact) mass is 527 g/mol. The average molecular weight is 528 g/mol. The lowest BCUT2D eigenvalue weighted by Gasteiger charge is -2.20. The average Bonchev–Trinajstić information content (AvgIpc) is 3.27. The molecule has 4 rings (SSSR count). The number of rotatable bonds is 9. The molecule has 0 saturated heterocycles. The van der Waals surface area contributed by atoms with Gasteiger partial charge < -0.3 is 0 Å². The van der Waals surface area contributed by atoms with Crippen LogP contribution in [-0.4, -0.2) is 30.0 Å². The number of para-hydroxylation sites is 1. The first-order valence-electron chi connectivity index (χ1n) is 11.3. The lowest BCUT2D eigenvalue weighted by atomic mass is 10.0. The van der Waals surface area contributed by atoms with Gasteiger partial charge in [-0.15, -0.1) is 0 Å². The lowest BCUT2D eigenvalue weighted by molar-refractivity contribution is -0.118. The SMILES string of the molecule is CC(C)c1cccc2sc(N(Cc3cccnc3)C(=O)CCCS(=O)(=O)c3ccc(Cl)cc3)nc12. The summed E-state index contributed by atoms with van der Waals surface area (Å²) in [5.74, 6) is -0.00199. The second-order valence-electron chi connectivity index (χ2n) is 8.56. The zero-order valence-corrected chi connectivity index (χ0v) is 21.9. The van der Waals surface area contributed by atoms with Crippen molar-refractivity contribution in [2.75, 3.05) is 10.7 Å². The highest BCUT2D eigenvalue weighted by Gasteiger charge is 2.23. The molecule has 0 N–H and O–H groups in total. The molecule has 0 unspecified atom stereocenters. The van der Waals surface area contributed by atoms with Gasteiger partial charge in [0.05, 0.1) is 27.4 Å². The molecular weight excluding hydrogens is 502 g/mol. The third kappa shape index (κ3) is 6.07. The van der Waals surface area contributed by atoms with Crippen molar-refractivity contribution < 1.29 is 13.2 Å². The fourth-order valence-electron chi connectivity index (χ4n) is 3.78. The molecule has 0 spiro atoms. The number of benzene rings is 2. The molecule has 6 nitrogen and oxygen atoms in total. The fraction of sp³-hybridized carbons (Fsp3) is 0.269. The number of pyridine rings is 1. The summed E-state index contributed by atoms with van der Waals surface area (Å²) in [5, 5.41) is 1.07. The Balaban J connectivity index is 1.56. The molecule has 9 heteroatoms. The van der Waals surface area contributed by atoms with E-state index in [9.17, 15) is 13.2 Å². The van der Waals surface area contributed by atoms with Crippen molar-refractivity contribution in [1.82, 2.24) is 9.97 Å². The van der Waals surface area contributed by atoms with E-state index in [-0.39, 0.29) is 29.4 Å². The van der Waals surface area contributed by atoms with Gasteiger partial charge in [0, 0.05) is 23.8 Å². The van der Waals surface area contributed by atoms with E-state index in [1.807, 2.05) is 24.3 Å². The summed E-state index contributed by atoms with van der Waals surface area (Å²) in [6.07, 6.45) is 3.69. The van der Waals surface area contributed by atoms with Gasteiger partial charge in [-0.3, -0.25) is 14.7 Å². The van der Waals surface area contributed by atoms with Crippen molar-refractivity contribution in [2.24, 2.45) is 0 Å². The number of carbonyl (C=O) groups excluding carboxylic acids is 1. The van der Waals surface area contributed by atoms with E-state index in [2.05, 4.69) is 24.9 Å². The van der Waals surface area contributed by atoms with E-state index in [1.54, 1.807) is 29.4 Å². The predicted octanol–water partition coefficient (Wildman–Crippen LogP) is 6.26. The number of thiazole rings is 1. The van der Waals surface area contributed by atoms with Gasteiger partial charge in [0.25, 0.3) is 0 Å². The van der Waals surface area contributed by atoms with Crippen LogP contribution in [0.1, 0.15) is 43.7 Å². The standard InChI is InChI=1S/C26H26ClN3O3S2/c1-18(2)22-7-3-8-23-25(22)29-26(34-23)30(17-19-6-4-14-28-16-19)24(31)9-5-15-35(32,33)21-12-10-20(27)11-13-21/h3-4,6-8,10-14,16,18H,5,9,15,17H2,1-2H3. The fourth-order valence-corrected chi connectivity index (χ4v) is 6.24. The third-order valence-corrected chi connectivity index (χ3v) is 8.74. The number of carbonyl (C=O) groups is 1. The van der Waals surface area contributed by atoms with Gasteiger partial charge in [-0.25, -0.2) is 13.4 Å². The first-order valence-corrected chi connectivity index (χ1v) is 14.2. The van der Waals surface area contributed by atoms with E-state index in [0.717, 1.165) is 21.3 Å². The Morgan fingerprint density at radius 1 is 1.09 bits per heavy atom. The molecule has 0 aliphatic carbocycles. The molecule has 2 heterocycles. The van der Waals surface area contributed by atoms with Crippen LogP contribution in [-0.2, 0) is 21.2 Å². The van der Waals surface area contributed by atoms with Gasteiger partial charge in [0.15, 0.2) is 15.0 Å². The van der Waals surface area contributed by atoms with Crippen LogP contribution in [0.5, 0.6) is 0 Å². The predicted molar refractivity (Wildman–Crippen MR) is 142 cm³/mol. The molecule has 0 aliphatic heterocycles. The third-order valence-electron chi connectivity index (χ3n) is 5.63. The van der Waals surface area contributed by atoms with E-state index in [4.69, 9.17) is 16.6 Å². The first-order chi connectivity index (χ1) is 16.7. The molecular formula is C26H26ClN3O3S2. The van der Waals surface area contributed by atoms with Crippen LogP contribution in [0.2, 0.25) is 5.02 Å². The molecule has 2 aromatic heterocycles. The van der Waals surface area contributed by atoms with E-state index >= 15 is 0 Å². The Morgan fingerprint density at radius 3 is 2.54 bits per heavy atom. The van der Waals surface area contributed by atoms with Crippen LogP contribution >= 0.6 is 22.9 Å². The second-order valence-corrected chi connectivity index (χ2v) is 12.1. The number of aromatic nitrogens is 2. The smallest absolute Gasteiger partial charge is 0.229 e. The summed E-state index contributed by atoms with van der Waals surface area (Å²) in [6.45, 7) is 4.55. The topological polar surface area (TPSA) is 80.2 Å². The van der Waals surface area contributed by atoms with Crippen LogP contribution < -0.4 is 4.90 Å². The number of hydrogen-bond donors (Lipinski definition) is 0. The maximum atomic E-state index is 13.4. The summed E-state index contributed by atoms with van der Waals surface area (Å²) in [4.78, 5) is 24.2. The highest BCUT2D eigenvalue weighted by molar-refractivity contribution is 7.91. The Morgan fingerprint density at radius 2 is 1.86 bits per heavy atom. The molecule has 0 atom stereocenters. The zero-order valence-electron chi connectivity index (χ0n) is 19.5. The Bertz CT molecular complexity index is 1420. The maximum absolute atomic E-state index is 13.4. The highest BCUT2D eigenvalue weighted by Crippen LogP contribution is 2.34. The van der Waals surface area contributed by atoms with E-state index in [0.29, 0.717) is 22.6 Å². The molecule has 0 radical (unpaired) electrons. The summed E-state index contributed by atoms with van der Waals surface area (Å²) in [6, 6.07) is 15.9. The molecule has 182 valence electrons. The van der Waals surface area contributed by atoms with Gasteiger partial charge >= 0.3 is 0 Å². The van der Waals surface area contributed by atoms with E-state index < -0.39 is 9.84 Å². The molecule has 35 heavy (non-hydrogen) atoms. The van der Waals surface area contributed by atoms with Crippen molar-refractivity contribution in [1.29, 1.82) is 0 Å². The van der Waals surface area contributed by atoms with Crippen molar-refractivity contribution >= 4 is 54.0 Å². The number of hydrogen-bond acceptors (Lipinski definition) is 6. The molecule has 4 aromatic rings. The Hall–Kier alpha value is -2.81. The number of sulfone groups is 1. The normalized spacial score (nSPS) is 11.8. The summed E-state index contributed by atoms with van der Waals surface area (Å²) in [7, 11) is -3.51. The van der Waals surface area contributed by atoms with Crippen molar-refractivity contribution in [3.05, 3.63) is 83.1 Å². The first kappa shape index (κ1) is 25.3. The maximum Gasteiger partial charge on any atom is 0.229 e. The Labute approximate surface area is 214 Å². The number of amides is 1. The summed E-state index contributed by atoms with van der Waals surface area (Å²) >= 11 is 7.33. The molecule has 1 amide bonds. The van der Waals surface area contributed by atoms with Crippen LogP contribution in [0.4, 0.5) is 5.13 Å². The molecule has 0 saturated carbocycles. The number of anilines is 1. The molecule has 0 aliphatic rings. The minimum Gasteiger partial charge on any atom is -0.284 e. The molecule has 0 fully saturated rings. The second kappa shape index (κ2) is 10.8. The van der Waals surface area contributed by atoms with Crippen LogP contribution in [0.15, 0.2) is 71.9 Å². The minimum absolute atomic E-state index is 0.0834. The van der Waals surface area contributed by atoms with Gasteiger partial charge in [-0.05, 0) is 59.9 Å². The zero-order chi connectivity index (χ0) is 25.0. The quantitative estimate of drug-likeness (QED) is 0.257. The van der Waals surface area contributed by atoms with Crippen molar-refractivity contribution in [3.8, 4) is 0 Å². The summed E-state index contributed by atoms with van der Waals surface area (Å²) < 4.78 is 26.4. The lowest BCUT2D eigenvalue weighted by Crippen LogP contribution is -2.30. The molecule has 0 bridgehead atoms. The van der Waals surface area contributed by atoms with Crippen LogP contribution in [0.3, 0.4) is 0 Å². The number of nitrogens with zero attached hydrogens (tertiary/aromatic N) is 3. The van der Waals surface area contributed by atoms with E-state index in [1.165, 1.54) is 23.5 Å². The van der Waals surface area contributed by atoms with Gasteiger partial charge in [-0.1, -0.05) is 55.0 Å². The summed E-state index contributed by atoms with van der Waals surface area (Å²) in [5.41, 5.74) is 2.91. The number of fused-ring (bicyclic) bond motifs is 1. The highest BCUT2D eigenvalue weighted by atomic mass is 35.5. The Kier molecular flexibility index (Phi) is 7.84. The van der Waals surface area contributed by atoms with Crippen LogP contribution in [0, 0.1) is 0 Å². The molecule has 2 aromatic carbocycles. The van der Waals surface area contributed by atoms with Gasteiger partial charge in [0.1, 0.15) is 0 Å². The van der Waals surface area contributed by atoms with Crippen LogP contribution in [0.25, 0.3) is 10.2 Å². The largest absolute Gasteiger partial charge is 0.284 e. The van der Waals surface area contributed by atoms with Crippen molar-refractivity contribution in [2.45, 2.75) is 44.0 Å². The number of halogens is 1. The minimum atomic E-state index is -3.51. The van der Waals surface area contributed by atoms with Crippen molar-refractivity contribution in [3.63, 3.8) is 0 Å². The van der Waals surface area contributed by atoms with Gasteiger partial charge in [0.2, 0.25) is 5.91 Å². The van der Waals surface area contributed by atoms with Gasteiger partial charge in [-0.2, -0.15) is 0 Å².